The number of amides is 1. The van der Waals surface area contributed by atoms with E-state index in [1.54, 1.807) is 0 Å². The Morgan fingerprint density at radius 3 is 3.00 bits per heavy atom. The van der Waals surface area contributed by atoms with Crippen molar-refractivity contribution in [3.8, 4) is 0 Å². The van der Waals surface area contributed by atoms with Gasteiger partial charge in [-0.05, 0) is 18.9 Å². The molecule has 1 atom stereocenters. The van der Waals surface area contributed by atoms with Crippen LogP contribution in [0.1, 0.15) is 33.6 Å². The van der Waals surface area contributed by atoms with Crippen molar-refractivity contribution in [2.24, 2.45) is 5.41 Å². The summed E-state index contributed by atoms with van der Waals surface area (Å²) in [5.74, 6) is 0.132. The van der Waals surface area contributed by atoms with E-state index in [0.29, 0.717) is 0 Å². The van der Waals surface area contributed by atoms with Crippen molar-refractivity contribution in [2.45, 2.75) is 39.7 Å². The molecule has 0 radical (unpaired) electrons. The number of fused-ring (bicyclic) bond motifs is 1. The zero-order chi connectivity index (χ0) is 11.8. The predicted octanol–water partition coefficient (Wildman–Crippen LogP) is 1.02. The highest BCUT2D eigenvalue weighted by Crippen LogP contribution is 2.23. The summed E-state index contributed by atoms with van der Waals surface area (Å²) in [6.45, 7) is 7.78. The Morgan fingerprint density at radius 2 is 2.31 bits per heavy atom. The minimum atomic E-state index is -0.311. The summed E-state index contributed by atoms with van der Waals surface area (Å²) >= 11 is 0. The highest BCUT2D eigenvalue weighted by molar-refractivity contribution is 5.81. The molecular formula is C12H21N3O. The number of carbonyl (C=O) groups excluding carboxylic acids is 1. The van der Waals surface area contributed by atoms with Crippen LogP contribution >= 0.6 is 0 Å². The average Bonchev–Trinajstić information content (AvgIpc) is 2.65. The number of rotatable bonds is 1. The van der Waals surface area contributed by atoms with Gasteiger partial charge in [0.1, 0.15) is 0 Å². The first-order chi connectivity index (χ1) is 7.48. The van der Waals surface area contributed by atoms with Crippen LogP contribution in [0.2, 0.25) is 0 Å². The van der Waals surface area contributed by atoms with Crippen molar-refractivity contribution in [1.29, 1.82) is 0 Å². The maximum absolute atomic E-state index is 11.9. The van der Waals surface area contributed by atoms with Gasteiger partial charge in [0.2, 0.25) is 5.91 Å². The van der Waals surface area contributed by atoms with Crippen molar-refractivity contribution < 1.29 is 4.79 Å². The molecular weight excluding hydrogens is 202 g/mol. The van der Waals surface area contributed by atoms with Crippen LogP contribution in [0, 0.1) is 5.41 Å². The zero-order valence-corrected chi connectivity index (χ0v) is 10.3. The molecule has 0 aromatic heterocycles. The minimum absolute atomic E-state index is 0.132. The van der Waals surface area contributed by atoms with Crippen LogP contribution in [0.3, 0.4) is 0 Å². The molecule has 2 rings (SSSR count). The molecule has 0 aromatic carbocycles. The van der Waals surface area contributed by atoms with E-state index in [1.165, 1.54) is 5.70 Å². The lowest BCUT2D eigenvalue weighted by atomic mass is 9.94. The lowest BCUT2D eigenvalue weighted by molar-refractivity contribution is -0.129. The second-order valence-corrected chi connectivity index (χ2v) is 5.56. The highest BCUT2D eigenvalue weighted by atomic mass is 16.2. The fourth-order valence-corrected chi connectivity index (χ4v) is 2.12. The molecule has 90 valence electrons. The molecule has 0 saturated carbocycles. The standard InChI is InChI=1S/C12H21N3O/c1-12(2,3)11(16)14-9-5-4-8-15-10(9)6-7-13-15/h6,9,13H,4-5,7-8H2,1-3H3,(H,14,16). The summed E-state index contributed by atoms with van der Waals surface area (Å²) in [6.07, 6.45) is 4.35. The molecule has 0 aromatic rings. The van der Waals surface area contributed by atoms with Crippen LogP contribution in [-0.2, 0) is 4.79 Å². The van der Waals surface area contributed by atoms with E-state index >= 15 is 0 Å². The first kappa shape index (κ1) is 11.5. The fourth-order valence-electron chi connectivity index (χ4n) is 2.12. The molecule has 0 bridgehead atoms. The van der Waals surface area contributed by atoms with Gasteiger partial charge in [0.05, 0.1) is 6.04 Å². The molecule has 1 unspecified atom stereocenters. The number of nitrogens with one attached hydrogen (secondary N) is 2. The van der Waals surface area contributed by atoms with Gasteiger partial charge in [0.15, 0.2) is 0 Å². The van der Waals surface area contributed by atoms with Gasteiger partial charge in [-0.2, -0.15) is 0 Å². The van der Waals surface area contributed by atoms with Gasteiger partial charge >= 0.3 is 0 Å². The fraction of sp³-hybridized carbons (Fsp3) is 0.750. The lowest BCUT2D eigenvalue weighted by Crippen LogP contribution is -2.49. The molecule has 1 fully saturated rings. The molecule has 16 heavy (non-hydrogen) atoms. The topological polar surface area (TPSA) is 44.4 Å². The summed E-state index contributed by atoms with van der Waals surface area (Å²) in [6, 6.07) is 0.190. The number of carbonyl (C=O) groups is 1. The first-order valence-corrected chi connectivity index (χ1v) is 6.00. The normalized spacial score (nSPS) is 25.1. The summed E-state index contributed by atoms with van der Waals surface area (Å²) in [5.41, 5.74) is 4.22. The van der Waals surface area contributed by atoms with E-state index in [4.69, 9.17) is 0 Å². The van der Waals surface area contributed by atoms with Crippen LogP contribution in [0.5, 0.6) is 0 Å². The van der Waals surface area contributed by atoms with Gasteiger partial charge < -0.3 is 10.3 Å². The van der Waals surface area contributed by atoms with Crippen LogP contribution in [-0.4, -0.2) is 30.0 Å². The van der Waals surface area contributed by atoms with Crippen molar-refractivity contribution in [3.63, 3.8) is 0 Å². The molecule has 0 aliphatic carbocycles. The minimum Gasteiger partial charge on any atom is -0.347 e. The molecule has 2 N–H and O–H groups in total. The monoisotopic (exact) mass is 223 g/mol. The number of hydrogen-bond donors (Lipinski definition) is 2. The van der Waals surface area contributed by atoms with E-state index in [-0.39, 0.29) is 17.4 Å². The Bertz CT molecular complexity index is 317. The molecule has 1 amide bonds. The zero-order valence-electron chi connectivity index (χ0n) is 10.3. The number of nitrogens with zero attached hydrogens (tertiary/aromatic N) is 1. The summed E-state index contributed by atoms with van der Waals surface area (Å²) < 4.78 is 0. The van der Waals surface area contributed by atoms with Gasteiger partial charge in [-0.15, -0.1) is 0 Å². The molecule has 0 spiro atoms. The van der Waals surface area contributed by atoms with E-state index in [1.807, 2.05) is 20.8 Å². The van der Waals surface area contributed by atoms with Crippen LogP contribution < -0.4 is 10.7 Å². The third-order valence-corrected chi connectivity index (χ3v) is 3.12. The third kappa shape index (κ3) is 2.21. The molecule has 2 heterocycles. The number of piperidine rings is 1. The predicted molar refractivity (Wildman–Crippen MR) is 63.4 cm³/mol. The van der Waals surface area contributed by atoms with Gasteiger partial charge in [0, 0.05) is 24.2 Å². The Balaban J connectivity index is 2.02. The van der Waals surface area contributed by atoms with Gasteiger partial charge in [0.25, 0.3) is 0 Å². The molecule has 4 heteroatoms. The maximum atomic E-state index is 11.9. The quantitative estimate of drug-likeness (QED) is 0.697. The van der Waals surface area contributed by atoms with Crippen LogP contribution in [0.25, 0.3) is 0 Å². The summed E-state index contributed by atoms with van der Waals surface area (Å²) in [4.78, 5) is 11.9. The second-order valence-electron chi connectivity index (χ2n) is 5.56. The van der Waals surface area contributed by atoms with E-state index in [9.17, 15) is 4.79 Å². The smallest absolute Gasteiger partial charge is 0.225 e. The maximum Gasteiger partial charge on any atom is 0.225 e. The Labute approximate surface area is 97.0 Å². The third-order valence-electron chi connectivity index (χ3n) is 3.12. The number of hydrazine groups is 1. The van der Waals surface area contributed by atoms with Gasteiger partial charge in [-0.25, -0.2) is 5.43 Å². The van der Waals surface area contributed by atoms with Crippen molar-refractivity contribution in [2.75, 3.05) is 13.1 Å². The van der Waals surface area contributed by atoms with Crippen molar-refractivity contribution in [3.05, 3.63) is 11.8 Å². The Kier molecular flexibility index (Phi) is 2.93. The average molecular weight is 223 g/mol. The van der Waals surface area contributed by atoms with E-state index in [2.05, 4.69) is 21.8 Å². The largest absolute Gasteiger partial charge is 0.347 e. The van der Waals surface area contributed by atoms with Crippen molar-refractivity contribution >= 4 is 5.91 Å². The number of hydrogen-bond acceptors (Lipinski definition) is 3. The van der Waals surface area contributed by atoms with Crippen LogP contribution in [0.4, 0.5) is 0 Å². The second kappa shape index (κ2) is 4.09. The SMILES string of the molecule is CC(C)(C)C(=O)NC1CCCN2NCC=C12. The lowest BCUT2D eigenvalue weighted by Gasteiger charge is -2.35. The molecule has 2 aliphatic heterocycles. The van der Waals surface area contributed by atoms with E-state index < -0.39 is 0 Å². The van der Waals surface area contributed by atoms with Crippen LogP contribution in [0.15, 0.2) is 11.8 Å². The van der Waals surface area contributed by atoms with Gasteiger partial charge in [-0.1, -0.05) is 20.8 Å². The first-order valence-electron chi connectivity index (χ1n) is 6.00. The molecule has 1 saturated heterocycles. The summed E-state index contributed by atoms with van der Waals surface area (Å²) in [5, 5.41) is 5.31. The Morgan fingerprint density at radius 1 is 1.56 bits per heavy atom. The highest BCUT2D eigenvalue weighted by Gasteiger charge is 2.31. The van der Waals surface area contributed by atoms with E-state index in [0.717, 1.165) is 25.9 Å². The van der Waals surface area contributed by atoms with Gasteiger partial charge in [-0.3, -0.25) is 4.79 Å². The molecule has 4 nitrogen and oxygen atoms in total. The Hall–Kier alpha value is -1.03. The molecule has 2 aliphatic rings. The van der Waals surface area contributed by atoms with Crippen molar-refractivity contribution in [1.82, 2.24) is 15.8 Å². The summed E-state index contributed by atoms with van der Waals surface area (Å²) in [7, 11) is 0.